The van der Waals surface area contributed by atoms with Crippen molar-refractivity contribution >= 4 is 11.8 Å². The Kier molecular flexibility index (Phi) is 6.43. The van der Waals surface area contributed by atoms with E-state index in [1.807, 2.05) is 10.6 Å². The van der Waals surface area contributed by atoms with Gasteiger partial charge in [0.25, 0.3) is 11.8 Å². The summed E-state index contributed by atoms with van der Waals surface area (Å²) in [5.41, 5.74) is 0.911. The molecule has 0 aliphatic rings. The summed E-state index contributed by atoms with van der Waals surface area (Å²) < 4.78 is 56.6. The Hall–Kier alpha value is -2.90. The zero-order chi connectivity index (χ0) is 20.9. The molecule has 2 atom stereocenters. The van der Waals surface area contributed by atoms with E-state index in [4.69, 9.17) is 0 Å². The molecule has 150 valence electrons. The predicted octanol–water partition coefficient (Wildman–Crippen LogP) is 4.01. The molecule has 2 rings (SSSR count). The van der Waals surface area contributed by atoms with Crippen LogP contribution >= 0.6 is 0 Å². The largest absolute Gasteiger partial charge is 0.395 e. The van der Waals surface area contributed by atoms with E-state index in [2.05, 4.69) is 0 Å². The molecule has 2 aromatic carbocycles. The second kappa shape index (κ2) is 8.41. The first-order valence-corrected chi connectivity index (χ1v) is 8.54. The third kappa shape index (κ3) is 4.49. The monoisotopic (exact) mass is 396 g/mol. The molecule has 4 nitrogen and oxygen atoms in total. The quantitative estimate of drug-likeness (QED) is 0.695. The number of halogens is 4. The van der Waals surface area contributed by atoms with Crippen LogP contribution in [0.25, 0.3) is 0 Å². The van der Waals surface area contributed by atoms with Gasteiger partial charge in [0.1, 0.15) is 0 Å². The fraction of sp³-hybridized carbons (Fsp3) is 0.300. The number of hydrogen-bond acceptors (Lipinski definition) is 2. The summed E-state index contributed by atoms with van der Waals surface area (Å²) in [6.45, 7) is 2.75. The van der Waals surface area contributed by atoms with Crippen molar-refractivity contribution in [1.82, 2.24) is 10.6 Å². The number of benzene rings is 2. The van der Waals surface area contributed by atoms with Crippen LogP contribution in [-0.2, 0) is 9.59 Å². The molecule has 2 amide bonds. The van der Waals surface area contributed by atoms with Gasteiger partial charge in [-0.1, -0.05) is 60.7 Å². The van der Waals surface area contributed by atoms with Crippen LogP contribution in [0, 0.1) is 0 Å². The molecule has 2 aromatic rings. The minimum atomic E-state index is -5.23. The third-order valence-corrected chi connectivity index (χ3v) is 4.26. The lowest BCUT2D eigenvalue weighted by Gasteiger charge is -2.27. The van der Waals surface area contributed by atoms with E-state index >= 15 is 0 Å². The Morgan fingerprint density at radius 3 is 1.25 bits per heavy atom. The van der Waals surface area contributed by atoms with Gasteiger partial charge < -0.3 is 10.6 Å². The lowest BCUT2D eigenvalue weighted by atomic mass is 10.1. The fourth-order valence-electron chi connectivity index (χ4n) is 2.51. The van der Waals surface area contributed by atoms with E-state index in [9.17, 15) is 27.2 Å². The smallest absolute Gasteiger partial charge is 0.344 e. The first kappa shape index (κ1) is 21.4. The molecule has 2 unspecified atom stereocenters. The molecule has 0 saturated carbocycles. The highest BCUT2D eigenvalue weighted by molar-refractivity contribution is 5.95. The molecule has 0 aliphatic heterocycles. The van der Waals surface area contributed by atoms with Crippen molar-refractivity contribution in [3.05, 3.63) is 71.8 Å². The predicted molar refractivity (Wildman–Crippen MR) is 95.9 cm³/mol. The summed E-state index contributed by atoms with van der Waals surface area (Å²) in [4.78, 5) is 23.7. The van der Waals surface area contributed by atoms with E-state index in [1.54, 1.807) is 60.7 Å². The highest BCUT2D eigenvalue weighted by atomic mass is 19.3. The van der Waals surface area contributed by atoms with Crippen LogP contribution in [0.1, 0.15) is 37.1 Å². The maximum Gasteiger partial charge on any atom is 0.395 e. The van der Waals surface area contributed by atoms with Gasteiger partial charge in [-0.2, -0.15) is 17.6 Å². The van der Waals surface area contributed by atoms with Crippen LogP contribution in [-0.4, -0.2) is 23.7 Å². The number of amides is 2. The summed E-state index contributed by atoms with van der Waals surface area (Å²) in [6, 6.07) is 14.1. The van der Waals surface area contributed by atoms with E-state index in [1.165, 1.54) is 13.8 Å². The van der Waals surface area contributed by atoms with Crippen molar-refractivity contribution in [2.75, 3.05) is 0 Å². The first-order chi connectivity index (χ1) is 13.1. The van der Waals surface area contributed by atoms with Gasteiger partial charge in [-0.3, -0.25) is 9.59 Å². The molecule has 28 heavy (non-hydrogen) atoms. The molecule has 0 bridgehead atoms. The molecule has 0 spiro atoms. The summed E-state index contributed by atoms with van der Waals surface area (Å²) in [7, 11) is 0. The highest BCUT2D eigenvalue weighted by Crippen LogP contribution is 2.36. The third-order valence-electron chi connectivity index (χ3n) is 4.26. The van der Waals surface area contributed by atoms with Gasteiger partial charge in [0, 0.05) is 0 Å². The topological polar surface area (TPSA) is 58.2 Å². The van der Waals surface area contributed by atoms with Crippen LogP contribution in [0.3, 0.4) is 0 Å². The maximum atomic E-state index is 14.2. The zero-order valence-electron chi connectivity index (χ0n) is 15.3. The average Bonchev–Trinajstić information content (AvgIpc) is 2.68. The van der Waals surface area contributed by atoms with Crippen LogP contribution in [0.2, 0.25) is 0 Å². The number of carbonyl (C=O) groups excluding carboxylic acids is 2. The van der Waals surface area contributed by atoms with Crippen molar-refractivity contribution in [1.29, 1.82) is 0 Å². The van der Waals surface area contributed by atoms with Crippen molar-refractivity contribution in [2.24, 2.45) is 0 Å². The molecule has 0 aliphatic carbocycles. The zero-order valence-corrected chi connectivity index (χ0v) is 15.3. The summed E-state index contributed by atoms with van der Waals surface area (Å²) in [5, 5.41) is 3.67. The number of nitrogens with one attached hydrogen (secondary N) is 2. The van der Waals surface area contributed by atoms with E-state index in [-0.39, 0.29) is 0 Å². The molecule has 0 saturated heterocycles. The van der Waals surface area contributed by atoms with Gasteiger partial charge in [0.15, 0.2) is 0 Å². The molecule has 0 radical (unpaired) electrons. The van der Waals surface area contributed by atoms with E-state index in [0.717, 1.165) is 0 Å². The van der Waals surface area contributed by atoms with Gasteiger partial charge in [-0.15, -0.1) is 0 Å². The molecule has 2 N–H and O–H groups in total. The number of hydrogen-bond donors (Lipinski definition) is 2. The Morgan fingerprint density at radius 1 is 0.679 bits per heavy atom. The number of alkyl halides is 4. The maximum absolute atomic E-state index is 14.2. The van der Waals surface area contributed by atoms with Crippen molar-refractivity contribution in [2.45, 2.75) is 37.8 Å². The number of rotatable bonds is 7. The van der Waals surface area contributed by atoms with Crippen LogP contribution in [0.15, 0.2) is 60.7 Å². The first-order valence-electron chi connectivity index (χ1n) is 8.54. The minimum absolute atomic E-state index is 0.456. The van der Waals surface area contributed by atoms with Gasteiger partial charge in [-0.25, -0.2) is 0 Å². The van der Waals surface area contributed by atoms with Gasteiger partial charge >= 0.3 is 11.8 Å². The van der Waals surface area contributed by atoms with Gasteiger partial charge in [0.2, 0.25) is 0 Å². The Bertz CT molecular complexity index is 744. The summed E-state index contributed by atoms with van der Waals surface area (Å²) in [6.07, 6.45) is 0. The van der Waals surface area contributed by atoms with Gasteiger partial charge in [-0.05, 0) is 25.0 Å². The van der Waals surface area contributed by atoms with Crippen LogP contribution in [0.4, 0.5) is 17.6 Å². The van der Waals surface area contributed by atoms with E-state index < -0.39 is 35.7 Å². The standard InChI is InChI=1S/C20H20F4N2O2/c1-13(15-9-5-3-6-10-15)25-17(27)19(21,22)20(23,24)18(28)26-14(2)16-11-7-4-8-12-16/h3-14H,1-2H3,(H,25,27)(H,26,28). The molecular formula is C20H20F4N2O2. The van der Waals surface area contributed by atoms with Gasteiger partial charge in [0.05, 0.1) is 12.1 Å². The fourth-order valence-corrected chi connectivity index (χ4v) is 2.51. The number of carbonyl (C=O) groups is 2. The van der Waals surface area contributed by atoms with Crippen LogP contribution < -0.4 is 10.6 Å². The molecule has 8 heteroatoms. The molecule has 0 heterocycles. The Balaban J connectivity index is 2.10. The lowest BCUT2D eigenvalue weighted by molar-refractivity contribution is -0.212. The SMILES string of the molecule is CC(NC(=O)C(F)(F)C(F)(F)C(=O)NC(C)c1ccccc1)c1ccccc1. The Morgan fingerprint density at radius 2 is 0.964 bits per heavy atom. The normalized spacial score (nSPS) is 14.1. The second-order valence-electron chi connectivity index (χ2n) is 6.36. The minimum Gasteiger partial charge on any atom is -0.344 e. The van der Waals surface area contributed by atoms with Crippen molar-refractivity contribution < 1.29 is 27.2 Å². The van der Waals surface area contributed by atoms with Crippen LogP contribution in [0.5, 0.6) is 0 Å². The summed E-state index contributed by atoms with van der Waals surface area (Å²) in [5.74, 6) is -14.9. The molecular weight excluding hydrogens is 376 g/mol. The summed E-state index contributed by atoms with van der Waals surface area (Å²) >= 11 is 0. The van der Waals surface area contributed by atoms with Crippen molar-refractivity contribution in [3.63, 3.8) is 0 Å². The average molecular weight is 396 g/mol. The van der Waals surface area contributed by atoms with E-state index in [0.29, 0.717) is 11.1 Å². The highest BCUT2D eigenvalue weighted by Gasteiger charge is 2.67. The lowest BCUT2D eigenvalue weighted by Crippen LogP contribution is -2.59. The van der Waals surface area contributed by atoms with Crippen molar-refractivity contribution in [3.8, 4) is 0 Å². The molecule has 0 fully saturated rings. The Labute approximate surface area is 159 Å². The second-order valence-corrected chi connectivity index (χ2v) is 6.36. The molecule has 0 aromatic heterocycles.